The number of aromatic nitrogens is 1. The summed E-state index contributed by atoms with van der Waals surface area (Å²) in [6.45, 7) is 5.84. The van der Waals surface area contributed by atoms with Gasteiger partial charge in [-0.15, -0.1) is 0 Å². The zero-order chi connectivity index (χ0) is 35.0. The van der Waals surface area contributed by atoms with E-state index in [1.54, 1.807) is 42.0 Å². The summed E-state index contributed by atoms with van der Waals surface area (Å²) in [5, 5.41) is 18.5. The molecule has 0 saturated heterocycles. The molecule has 5 rings (SSSR count). The Bertz CT molecular complexity index is 1920. The molecule has 0 aliphatic heterocycles. The fraction of sp³-hybridized carbons (Fsp3) is 0.256. The number of carbonyl (C=O) groups is 4. The van der Waals surface area contributed by atoms with E-state index in [2.05, 4.69) is 33.9 Å². The fourth-order valence-electron chi connectivity index (χ4n) is 5.92. The van der Waals surface area contributed by atoms with Crippen LogP contribution in [0.5, 0.6) is 0 Å². The van der Waals surface area contributed by atoms with Gasteiger partial charge in [-0.25, -0.2) is 5.48 Å². The van der Waals surface area contributed by atoms with Crippen LogP contribution in [0.3, 0.4) is 0 Å². The van der Waals surface area contributed by atoms with Crippen LogP contribution >= 0.6 is 0 Å². The van der Waals surface area contributed by atoms with Crippen LogP contribution in [0.15, 0.2) is 96.7 Å². The van der Waals surface area contributed by atoms with Gasteiger partial charge in [0.05, 0.1) is 11.2 Å². The Morgan fingerprint density at radius 1 is 0.857 bits per heavy atom. The standard InChI is InChI=1S/C39H41N5O5/c1-4-25-9-5-10-26-11-6-14-31(30(26)23-25)42-37(47)35(38(48)43-32-15-7-12-28-13-8-22-40-36(28)32)27-16-18-29(19-17-27)41-34(46)24-39(2,3)21-20-33(45)44-49/h5-19,22,35,49H,4,20-21,23-24H2,1-3H3,(H,41,46)(H,42,47)(H,43,48)(H,44,45). The predicted octanol–water partition coefficient (Wildman–Crippen LogP) is 7.14. The molecule has 0 spiro atoms. The summed E-state index contributed by atoms with van der Waals surface area (Å²) >= 11 is 0. The third-order valence-corrected chi connectivity index (χ3v) is 8.67. The lowest BCUT2D eigenvalue weighted by Gasteiger charge is -2.23. The van der Waals surface area contributed by atoms with Gasteiger partial charge in [-0.05, 0) is 71.7 Å². The summed E-state index contributed by atoms with van der Waals surface area (Å²) in [5.74, 6) is -3.03. The average Bonchev–Trinajstić information content (AvgIpc) is 3.31. The molecule has 1 unspecified atom stereocenters. The van der Waals surface area contributed by atoms with Gasteiger partial charge in [0.15, 0.2) is 0 Å². The Labute approximate surface area is 285 Å². The quantitative estimate of drug-likeness (QED) is 0.0620. The number of fused-ring (bicyclic) bond motifs is 2. The molecule has 1 aromatic heterocycles. The Hall–Kier alpha value is -5.61. The normalized spacial score (nSPS) is 13.0. The van der Waals surface area contributed by atoms with Crippen molar-refractivity contribution in [1.29, 1.82) is 0 Å². The van der Waals surface area contributed by atoms with Crippen LogP contribution in [0.4, 0.5) is 17.1 Å². The monoisotopic (exact) mass is 659 g/mol. The van der Waals surface area contributed by atoms with E-state index < -0.39 is 29.1 Å². The highest BCUT2D eigenvalue weighted by atomic mass is 16.5. The zero-order valence-electron chi connectivity index (χ0n) is 27.9. The molecule has 10 nitrogen and oxygen atoms in total. The topological polar surface area (TPSA) is 150 Å². The molecule has 0 bridgehead atoms. The van der Waals surface area contributed by atoms with Crippen molar-refractivity contribution >= 4 is 57.7 Å². The van der Waals surface area contributed by atoms with E-state index >= 15 is 0 Å². The number of pyridine rings is 1. The van der Waals surface area contributed by atoms with Gasteiger partial charge >= 0.3 is 0 Å². The van der Waals surface area contributed by atoms with Crippen LogP contribution in [0.25, 0.3) is 17.0 Å². The molecule has 4 amide bonds. The molecule has 1 aliphatic carbocycles. The van der Waals surface area contributed by atoms with Crippen molar-refractivity contribution in [1.82, 2.24) is 10.5 Å². The molecule has 3 aromatic carbocycles. The SMILES string of the molecule is CCC1=CC=Cc2cccc(NC(=O)C(C(=O)Nc3cccc4cccnc34)c3ccc(NC(=O)CC(C)(C)CCC(=O)NO)cc3)c2C1. The number of carbonyl (C=O) groups excluding carboxylic acids is 4. The van der Waals surface area contributed by atoms with E-state index in [1.165, 1.54) is 5.57 Å². The summed E-state index contributed by atoms with van der Waals surface area (Å²) in [7, 11) is 0. The maximum absolute atomic E-state index is 14.1. The average molecular weight is 660 g/mol. The number of hydroxylamine groups is 1. The third-order valence-electron chi connectivity index (χ3n) is 8.67. The third kappa shape index (κ3) is 8.85. The van der Waals surface area contributed by atoms with Crippen molar-refractivity contribution in [3.05, 3.63) is 113 Å². The van der Waals surface area contributed by atoms with Gasteiger partial charge in [-0.3, -0.25) is 29.4 Å². The second-order valence-electron chi connectivity index (χ2n) is 12.9. The van der Waals surface area contributed by atoms with Crippen LogP contribution in [0.2, 0.25) is 0 Å². The van der Waals surface area contributed by atoms with Crippen molar-refractivity contribution in [3.8, 4) is 0 Å². The number of allylic oxidation sites excluding steroid dienone is 3. The Kier molecular flexibility index (Phi) is 11.0. The minimum atomic E-state index is -1.24. The van der Waals surface area contributed by atoms with E-state index in [9.17, 15) is 19.2 Å². The highest BCUT2D eigenvalue weighted by molar-refractivity contribution is 6.16. The second-order valence-corrected chi connectivity index (χ2v) is 12.9. The lowest BCUT2D eigenvalue weighted by molar-refractivity contribution is -0.130. The zero-order valence-corrected chi connectivity index (χ0v) is 27.9. The number of nitrogens with zero attached hydrogens (tertiary/aromatic N) is 1. The summed E-state index contributed by atoms with van der Waals surface area (Å²) < 4.78 is 0. The van der Waals surface area contributed by atoms with Gasteiger partial charge in [0.2, 0.25) is 23.6 Å². The van der Waals surface area contributed by atoms with Crippen LogP contribution in [0.1, 0.15) is 69.1 Å². The van der Waals surface area contributed by atoms with Gasteiger partial charge in [0, 0.05) is 35.8 Å². The van der Waals surface area contributed by atoms with Gasteiger partial charge in [-0.1, -0.05) is 87.0 Å². The van der Waals surface area contributed by atoms with Gasteiger partial charge in [0.1, 0.15) is 5.92 Å². The number of anilines is 3. The highest BCUT2D eigenvalue weighted by Crippen LogP contribution is 2.31. The van der Waals surface area contributed by atoms with E-state index in [4.69, 9.17) is 5.21 Å². The summed E-state index contributed by atoms with van der Waals surface area (Å²) in [5.41, 5.74) is 6.99. The summed E-state index contributed by atoms with van der Waals surface area (Å²) in [6.07, 6.45) is 9.96. The van der Waals surface area contributed by atoms with Crippen LogP contribution in [0, 0.1) is 5.41 Å². The molecular weight excluding hydrogens is 618 g/mol. The summed E-state index contributed by atoms with van der Waals surface area (Å²) in [4.78, 5) is 57.0. The number of benzene rings is 3. The molecule has 252 valence electrons. The molecule has 1 atom stereocenters. The smallest absolute Gasteiger partial charge is 0.243 e. The number of amides is 4. The number of hydrogen-bond donors (Lipinski definition) is 5. The van der Waals surface area contributed by atoms with E-state index in [0.29, 0.717) is 41.0 Å². The van der Waals surface area contributed by atoms with Crippen LogP contribution in [-0.4, -0.2) is 33.8 Å². The Morgan fingerprint density at radius 3 is 2.29 bits per heavy atom. The van der Waals surface area contributed by atoms with Crippen molar-refractivity contribution in [2.24, 2.45) is 5.41 Å². The van der Waals surface area contributed by atoms with E-state index in [-0.39, 0.29) is 18.7 Å². The molecule has 1 heterocycles. The van der Waals surface area contributed by atoms with Crippen LogP contribution < -0.4 is 21.4 Å². The number of rotatable bonds is 12. The molecule has 0 radical (unpaired) electrons. The van der Waals surface area contributed by atoms with Crippen LogP contribution in [-0.2, 0) is 25.6 Å². The highest BCUT2D eigenvalue weighted by Gasteiger charge is 2.30. The molecule has 49 heavy (non-hydrogen) atoms. The molecule has 1 aliphatic rings. The van der Waals surface area contributed by atoms with Gasteiger partial charge in [0.25, 0.3) is 0 Å². The predicted molar refractivity (Wildman–Crippen MR) is 192 cm³/mol. The van der Waals surface area contributed by atoms with E-state index in [1.807, 2.05) is 68.5 Å². The minimum absolute atomic E-state index is 0.0881. The molecule has 10 heteroatoms. The Morgan fingerprint density at radius 2 is 1.55 bits per heavy atom. The first kappa shape index (κ1) is 34.7. The van der Waals surface area contributed by atoms with Crippen molar-refractivity contribution in [2.45, 2.75) is 58.8 Å². The van der Waals surface area contributed by atoms with Crippen molar-refractivity contribution in [2.75, 3.05) is 16.0 Å². The fourth-order valence-corrected chi connectivity index (χ4v) is 5.92. The van der Waals surface area contributed by atoms with Gasteiger partial charge in [-0.2, -0.15) is 0 Å². The number of nitrogens with one attached hydrogen (secondary N) is 4. The molecule has 5 N–H and O–H groups in total. The lowest BCUT2D eigenvalue weighted by atomic mass is 9.84. The largest absolute Gasteiger partial charge is 0.326 e. The first-order valence-corrected chi connectivity index (χ1v) is 16.3. The maximum Gasteiger partial charge on any atom is 0.243 e. The molecule has 0 fully saturated rings. The molecule has 0 saturated carbocycles. The Balaban J connectivity index is 1.40. The van der Waals surface area contributed by atoms with Gasteiger partial charge < -0.3 is 16.0 Å². The van der Waals surface area contributed by atoms with Crippen molar-refractivity contribution in [3.63, 3.8) is 0 Å². The minimum Gasteiger partial charge on any atom is -0.326 e. The lowest BCUT2D eigenvalue weighted by Crippen LogP contribution is -2.32. The molecule has 4 aromatic rings. The summed E-state index contributed by atoms with van der Waals surface area (Å²) in [6, 6.07) is 21.6. The van der Waals surface area contributed by atoms with E-state index in [0.717, 1.165) is 22.9 Å². The molecular formula is C39H41N5O5. The first-order chi connectivity index (χ1) is 23.6. The number of para-hydroxylation sites is 1. The number of hydrogen-bond acceptors (Lipinski definition) is 6. The van der Waals surface area contributed by atoms with Crippen molar-refractivity contribution < 1.29 is 24.4 Å². The second kappa shape index (κ2) is 15.5. The first-order valence-electron chi connectivity index (χ1n) is 16.3. The maximum atomic E-state index is 14.1.